The van der Waals surface area contributed by atoms with Gasteiger partial charge in [0.1, 0.15) is 17.5 Å². The van der Waals surface area contributed by atoms with Crippen LogP contribution in [0, 0.1) is 0 Å². The van der Waals surface area contributed by atoms with Crippen LogP contribution < -0.4 is 16.6 Å². The largest absolute Gasteiger partial charge is 0.396 e. The van der Waals surface area contributed by atoms with Gasteiger partial charge in [0.25, 0.3) is 0 Å². The Kier molecular flexibility index (Phi) is 4.65. The highest BCUT2D eigenvalue weighted by Crippen LogP contribution is 2.18. The van der Waals surface area contributed by atoms with Crippen LogP contribution in [0.1, 0.15) is 33.0 Å². The molecule has 1 aromatic heterocycles. The standard InChI is InChI=1S/C11H21N5O/c1-4-8-13-9(7-10(14-8)16-12)15-11(2,3)5-6-17/h7,17H,4-6,12H2,1-3H3,(H2,13,14,15,16). The molecule has 0 radical (unpaired) electrons. The van der Waals surface area contributed by atoms with E-state index in [2.05, 4.69) is 20.7 Å². The highest BCUT2D eigenvalue weighted by molar-refractivity contribution is 5.48. The maximum Gasteiger partial charge on any atom is 0.145 e. The lowest BCUT2D eigenvalue weighted by molar-refractivity contribution is 0.260. The Labute approximate surface area is 102 Å². The predicted molar refractivity (Wildman–Crippen MR) is 68.6 cm³/mol. The van der Waals surface area contributed by atoms with Gasteiger partial charge in [-0.15, -0.1) is 0 Å². The molecule has 0 amide bonds. The monoisotopic (exact) mass is 239 g/mol. The van der Waals surface area contributed by atoms with Crippen molar-refractivity contribution < 1.29 is 5.11 Å². The maximum absolute atomic E-state index is 8.98. The second-order valence-electron chi connectivity index (χ2n) is 4.54. The van der Waals surface area contributed by atoms with Gasteiger partial charge in [0, 0.05) is 24.6 Å². The fraction of sp³-hybridized carbons (Fsp3) is 0.636. The van der Waals surface area contributed by atoms with E-state index in [1.54, 1.807) is 6.07 Å². The van der Waals surface area contributed by atoms with E-state index in [9.17, 15) is 0 Å². The third kappa shape index (κ3) is 4.16. The van der Waals surface area contributed by atoms with E-state index >= 15 is 0 Å². The summed E-state index contributed by atoms with van der Waals surface area (Å²) in [5.41, 5.74) is 2.30. The first-order chi connectivity index (χ1) is 8.00. The van der Waals surface area contributed by atoms with Crippen molar-refractivity contribution in [3.05, 3.63) is 11.9 Å². The Morgan fingerprint density at radius 3 is 2.53 bits per heavy atom. The number of nitrogen functional groups attached to an aromatic ring is 1. The summed E-state index contributed by atoms with van der Waals surface area (Å²) in [5, 5.41) is 12.2. The molecule has 96 valence electrons. The summed E-state index contributed by atoms with van der Waals surface area (Å²) < 4.78 is 0. The smallest absolute Gasteiger partial charge is 0.145 e. The Bertz CT molecular complexity index is 345. The van der Waals surface area contributed by atoms with Crippen molar-refractivity contribution in [2.75, 3.05) is 17.3 Å². The molecule has 0 aliphatic rings. The Hall–Kier alpha value is -1.40. The van der Waals surface area contributed by atoms with Crippen molar-refractivity contribution in [3.63, 3.8) is 0 Å². The number of aromatic nitrogens is 2. The van der Waals surface area contributed by atoms with Gasteiger partial charge < -0.3 is 15.8 Å². The van der Waals surface area contributed by atoms with Crippen LogP contribution in [0.2, 0.25) is 0 Å². The number of nitrogens with zero attached hydrogens (tertiary/aromatic N) is 2. The molecule has 0 saturated carbocycles. The highest BCUT2D eigenvalue weighted by atomic mass is 16.3. The molecule has 0 aliphatic carbocycles. The average molecular weight is 239 g/mol. The lowest BCUT2D eigenvalue weighted by Gasteiger charge is -2.26. The molecule has 1 heterocycles. The van der Waals surface area contributed by atoms with Crippen LogP contribution in [0.3, 0.4) is 0 Å². The zero-order valence-electron chi connectivity index (χ0n) is 10.6. The van der Waals surface area contributed by atoms with Gasteiger partial charge in [0.05, 0.1) is 0 Å². The summed E-state index contributed by atoms with van der Waals surface area (Å²) >= 11 is 0. The van der Waals surface area contributed by atoms with Crippen LogP contribution in [0.15, 0.2) is 6.07 Å². The van der Waals surface area contributed by atoms with Gasteiger partial charge in [-0.2, -0.15) is 0 Å². The summed E-state index contributed by atoms with van der Waals surface area (Å²) in [6.45, 7) is 6.13. The van der Waals surface area contributed by atoms with E-state index in [1.165, 1.54) is 0 Å². The molecule has 0 atom stereocenters. The van der Waals surface area contributed by atoms with Crippen molar-refractivity contribution in [2.45, 2.75) is 39.2 Å². The van der Waals surface area contributed by atoms with Crippen molar-refractivity contribution in [1.29, 1.82) is 0 Å². The van der Waals surface area contributed by atoms with Crippen molar-refractivity contribution in [3.8, 4) is 0 Å². The van der Waals surface area contributed by atoms with E-state index in [0.717, 1.165) is 12.2 Å². The number of anilines is 2. The molecule has 0 fully saturated rings. The minimum absolute atomic E-state index is 0.133. The molecular weight excluding hydrogens is 218 g/mol. The molecule has 0 spiro atoms. The number of hydrogen-bond donors (Lipinski definition) is 4. The topological polar surface area (TPSA) is 96.1 Å². The number of nitrogens with one attached hydrogen (secondary N) is 2. The van der Waals surface area contributed by atoms with Crippen LogP contribution in [0.5, 0.6) is 0 Å². The van der Waals surface area contributed by atoms with Crippen LogP contribution in [0.4, 0.5) is 11.6 Å². The van der Waals surface area contributed by atoms with Crippen LogP contribution in [-0.2, 0) is 6.42 Å². The first-order valence-corrected chi connectivity index (χ1v) is 5.74. The summed E-state index contributed by atoms with van der Waals surface area (Å²) in [6.07, 6.45) is 1.38. The van der Waals surface area contributed by atoms with Gasteiger partial charge >= 0.3 is 0 Å². The fourth-order valence-electron chi connectivity index (χ4n) is 1.48. The first kappa shape index (κ1) is 13.7. The minimum atomic E-state index is -0.222. The van der Waals surface area contributed by atoms with Gasteiger partial charge in [-0.25, -0.2) is 15.8 Å². The van der Waals surface area contributed by atoms with Crippen molar-refractivity contribution in [1.82, 2.24) is 9.97 Å². The first-order valence-electron chi connectivity index (χ1n) is 5.74. The molecule has 0 saturated heterocycles. The van der Waals surface area contributed by atoms with Crippen molar-refractivity contribution in [2.24, 2.45) is 5.84 Å². The van der Waals surface area contributed by atoms with Gasteiger partial charge in [-0.3, -0.25) is 0 Å². The van der Waals surface area contributed by atoms with E-state index in [-0.39, 0.29) is 12.1 Å². The quantitative estimate of drug-likeness (QED) is 0.435. The van der Waals surface area contributed by atoms with Crippen LogP contribution in [-0.4, -0.2) is 27.2 Å². The number of aliphatic hydroxyl groups is 1. The molecule has 1 rings (SSSR count). The molecule has 17 heavy (non-hydrogen) atoms. The number of rotatable bonds is 6. The third-order valence-electron chi connectivity index (χ3n) is 2.44. The molecule has 0 aliphatic heterocycles. The summed E-state index contributed by atoms with van der Waals surface area (Å²) in [6, 6.07) is 1.75. The molecule has 5 N–H and O–H groups in total. The Morgan fingerprint density at radius 1 is 1.35 bits per heavy atom. The Morgan fingerprint density at radius 2 is 2.00 bits per heavy atom. The zero-order chi connectivity index (χ0) is 12.9. The Balaban J connectivity index is 2.89. The van der Waals surface area contributed by atoms with Crippen LogP contribution >= 0.6 is 0 Å². The van der Waals surface area contributed by atoms with Gasteiger partial charge in [-0.05, 0) is 20.3 Å². The maximum atomic E-state index is 8.98. The van der Waals surface area contributed by atoms with E-state index < -0.39 is 0 Å². The number of nitrogens with two attached hydrogens (primary N) is 1. The predicted octanol–water partition coefficient (Wildman–Crippen LogP) is 0.897. The zero-order valence-corrected chi connectivity index (χ0v) is 10.6. The number of hydrazine groups is 1. The molecule has 0 unspecified atom stereocenters. The number of hydrogen-bond acceptors (Lipinski definition) is 6. The van der Waals surface area contributed by atoms with Gasteiger partial charge in [-0.1, -0.05) is 6.92 Å². The van der Waals surface area contributed by atoms with Crippen LogP contribution in [0.25, 0.3) is 0 Å². The number of aryl methyl sites for hydroxylation is 1. The fourth-order valence-corrected chi connectivity index (χ4v) is 1.48. The molecule has 0 bridgehead atoms. The average Bonchev–Trinajstić information content (AvgIpc) is 2.27. The van der Waals surface area contributed by atoms with Gasteiger partial charge in [0.15, 0.2) is 0 Å². The molecular formula is C11H21N5O. The molecule has 6 heteroatoms. The lowest BCUT2D eigenvalue weighted by Crippen LogP contribution is -2.32. The summed E-state index contributed by atoms with van der Waals surface area (Å²) in [4.78, 5) is 8.58. The molecule has 0 aromatic carbocycles. The van der Waals surface area contributed by atoms with Crippen molar-refractivity contribution >= 4 is 11.6 Å². The molecule has 1 aromatic rings. The second-order valence-corrected chi connectivity index (χ2v) is 4.54. The van der Waals surface area contributed by atoms with E-state index in [4.69, 9.17) is 10.9 Å². The summed E-state index contributed by atoms with van der Waals surface area (Å²) in [5.74, 6) is 7.38. The molecule has 6 nitrogen and oxygen atoms in total. The summed E-state index contributed by atoms with van der Waals surface area (Å²) in [7, 11) is 0. The SMILES string of the molecule is CCc1nc(NN)cc(NC(C)(C)CCO)n1. The van der Waals surface area contributed by atoms with Gasteiger partial charge in [0.2, 0.25) is 0 Å². The normalized spacial score (nSPS) is 11.4. The lowest BCUT2D eigenvalue weighted by atomic mass is 10.0. The van der Waals surface area contributed by atoms with E-state index in [0.29, 0.717) is 18.1 Å². The second kappa shape index (κ2) is 5.79. The van der Waals surface area contributed by atoms with E-state index in [1.807, 2.05) is 20.8 Å². The highest BCUT2D eigenvalue weighted by Gasteiger charge is 2.17. The minimum Gasteiger partial charge on any atom is -0.396 e. The number of aliphatic hydroxyl groups excluding tert-OH is 1. The third-order valence-corrected chi connectivity index (χ3v) is 2.44.